The number of amides is 1. The van der Waals surface area contributed by atoms with Crippen LogP contribution < -0.4 is 5.32 Å². The molecule has 0 unspecified atom stereocenters. The molecular weight excluding hydrogens is 274 g/mol. The molecule has 0 fully saturated rings. The van der Waals surface area contributed by atoms with Crippen LogP contribution in [0.5, 0.6) is 0 Å². The van der Waals surface area contributed by atoms with Gasteiger partial charge in [-0.2, -0.15) is 5.10 Å². The van der Waals surface area contributed by atoms with E-state index >= 15 is 0 Å². The summed E-state index contributed by atoms with van der Waals surface area (Å²) in [6.07, 6.45) is 3.42. The lowest BCUT2D eigenvalue weighted by atomic mass is 10.3. The van der Waals surface area contributed by atoms with Gasteiger partial charge in [0, 0.05) is 29.0 Å². The Morgan fingerprint density at radius 2 is 2.15 bits per heavy atom. The van der Waals surface area contributed by atoms with Crippen LogP contribution in [0.3, 0.4) is 0 Å². The Morgan fingerprint density at radius 3 is 2.85 bits per heavy atom. The summed E-state index contributed by atoms with van der Waals surface area (Å²) in [6.45, 7) is 1.84. The highest BCUT2D eigenvalue weighted by molar-refractivity contribution is 7.13. The van der Waals surface area contributed by atoms with E-state index in [-0.39, 0.29) is 5.91 Å². The Balaban J connectivity index is 1.76. The molecule has 3 aromatic rings. The van der Waals surface area contributed by atoms with Crippen molar-refractivity contribution in [1.29, 1.82) is 0 Å². The third kappa shape index (κ3) is 2.57. The lowest BCUT2D eigenvalue weighted by Gasteiger charge is -1.97. The van der Waals surface area contributed by atoms with Crippen LogP contribution >= 0.6 is 11.3 Å². The number of aromatic nitrogens is 4. The monoisotopic (exact) mass is 285 g/mol. The summed E-state index contributed by atoms with van der Waals surface area (Å²) in [6, 6.07) is 5.44. The van der Waals surface area contributed by atoms with E-state index in [1.165, 1.54) is 11.3 Å². The minimum Gasteiger partial charge on any atom is -0.304 e. The zero-order valence-corrected chi connectivity index (χ0v) is 11.4. The molecule has 20 heavy (non-hydrogen) atoms. The molecule has 6 nitrogen and oxygen atoms in total. The highest BCUT2D eigenvalue weighted by Gasteiger charge is 2.12. The molecule has 0 saturated carbocycles. The molecule has 0 aliphatic rings. The summed E-state index contributed by atoms with van der Waals surface area (Å²) in [5.74, 6) is 0.244. The van der Waals surface area contributed by atoms with Gasteiger partial charge >= 0.3 is 0 Å². The van der Waals surface area contributed by atoms with Crippen molar-refractivity contribution >= 4 is 23.1 Å². The minimum atomic E-state index is -0.277. The van der Waals surface area contributed by atoms with Crippen LogP contribution in [0.4, 0.5) is 5.82 Å². The second-order valence-corrected chi connectivity index (χ2v) is 5.02. The summed E-state index contributed by atoms with van der Waals surface area (Å²) >= 11 is 1.46. The van der Waals surface area contributed by atoms with Crippen molar-refractivity contribution in [2.75, 3.05) is 5.32 Å². The van der Waals surface area contributed by atoms with E-state index in [9.17, 15) is 4.79 Å². The first-order valence-electron chi connectivity index (χ1n) is 5.91. The van der Waals surface area contributed by atoms with E-state index in [1.807, 2.05) is 19.1 Å². The van der Waals surface area contributed by atoms with Crippen LogP contribution in [0, 0.1) is 6.92 Å². The number of nitrogens with zero attached hydrogens (tertiary/aromatic N) is 3. The molecular formula is C13H11N5OS. The van der Waals surface area contributed by atoms with Crippen molar-refractivity contribution in [3.05, 3.63) is 47.4 Å². The van der Waals surface area contributed by atoms with Gasteiger partial charge in [0.15, 0.2) is 5.69 Å². The highest BCUT2D eigenvalue weighted by atomic mass is 32.1. The standard InChI is InChI=1S/C13H11N5OS/c1-8-6-10(18-17-8)12(19)15-11-7-20-13(16-11)9-2-4-14-5-3-9/h2-7H,1H3,(H,15,19)(H,17,18). The highest BCUT2D eigenvalue weighted by Crippen LogP contribution is 2.25. The maximum atomic E-state index is 11.9. The van der Waals surface area contributed by atoms with Gasteiger partial charge in [0.25, 0.3) is 5.91 Å². The predicted molar refractivity (Wildman–Crippen MR) is 76.6 cm³/mol. The average Bonchev–Trinajstić information content (AvgIpc) is 3.09. The van der Waals surface area contributed by atoms with Crippen LogP contribution in [0.25, 0.3) is 10.6 Å². The number of carbonyl (C=O) groups excluding carboxylic acids is 1. The van der Waals surface area contributed by atoms with E-state index in [0.717, 1.165) is 16.3 Å². The molecule has 0 atom stereocenters. The number of anilines is 1. The van der Waals surface area contributed by atoms with E-state index in [1.54, 1.807) is 23.8 Å². The molecule has 0 aliphatic heterocycles. The smallest absolute Gasteiger partial charge is 0.277 e. The number of H-pyrrole nitrogens is 1. The predicted octanol–water partition coefficient (Wildman–Crippen LogP) is 2.49. The molecule has 2 N–H and O–H groups in total. The molecule has 3 heterocycles. The number of nitrogens with one attached hydrogen (secondary N) is 2. The molecule has 100 valence electrons. The third-order valence-corrected chi connectivity index (χ3v) is 3.50. The second-order valence-electron chi connectivity index (χ2n) is 4.16. The van der Waals surface area contributed by atoms with Crippen LogP contribution in [-0.4, -0.2) is 26.1 Å². The Hall–Kier alpha value is -2.54. The fourth-order valence-electron chi connectivity index (χ4n) is 1.67. The van der Waals surface area contributed by atoms with Crippen LogP contribution in [0.15, 0.2) is 36.0 Å². The Kier molecular flexibility index (Phi) is 3.26. The molecule has 0 aliphatic carbocycles. The summed E-state index contributed by atoms with van der Waals surface area (Å²) in [4.78, 5) is 20.3. The van der Waals surface area contributed by atoms with E-state index in [0.29, 0.717) is 11.5 Å². The van der Waals surface area contributed by atoms with E-state index in [4.69, 9.17) is 0 Å². The van der Waals surface area contributed by atoms with E-state index in [2.05, 4.69) is 25.5 Å². The molecule has 0 bridgehead atoms. The Bertz CT molecular complexity index is 734. The molecule has 7 heteroatoms. The lowest BCUT2D eigenvalue weighted by molar-refractivity contribution is 0.102. The first-order chi connectivity index (χ1) is 9.72. The van der Waals surface area contributed by atoms with Gasteiger partial charge in [-0.25, -0.2) is 4.98 Å². The molecule has 3 aromatic heterocycles. The van der Waals surface area contributed by atoms with Crippen molar-refractivity contribution in [2.45, 2.75) is 6.92 Å². The van der Waals surface area contributed by atoms with Gasteiger partial charge in [0.1, 0.15) is 10.8 Å². The maximum absolute atomic E-state index is 11.9. The van der Waals surface area contributed by atoms with Gasteiger partial charge in [0.2, 0.25) is 0 Å². The van der Waals surface area contributed by atoms with Gasteiger partial charge in [0.05, 0.1) is 0 Å². The number of thiazole rings is 1. The summed E-state index contributed by atoms with van der Waals surface area (Å²) in [5.41, 5.74) is 2.16. The second kappa shape index (κ2) is 5.22. The first-order valence-corrected chi connectivity index (χ1v) is 6.79. The average molecular weight is 285 g/mol. The zero-order chi connectivity index (χ0) is 13.9. The van der Waals surface area contributed by atoms with Gasteiger partial charge in [-0.1, -0.05) is 0 Å². The maximum Gasteiger partial charge on any atom is 0.277 e. The van der Waals surface area contributed by atoms with Crippen molar-refractivity contribution in [3.63, 3.8) is 0 Å². The van der Waals surface area contributed by atoms with E-state index < -0.39 is 0 Å². The molecule has 0 spiro atoms. The van der Waals surface area contributed by atoms with Crippen molar-refractivity contribution in [3.8, 4) is 10.6 Å². The SMILES string of the molecule is Cc1cc(C(=O)Nc2csc(-c3ccncc3)n2)n[nH]1. The number of carbonyl (C=O) groups is 1. The Morgan fingerprint density at radius 1 is 1.35 bits per heavy atom. The third-order valence-electron chi connectivity index (χ3n) is 2.61. The fraction of sp³-hybridized carbons (Fsp3) is 0.0769. The first kappa shape index (κ1) is 12.5. The number of rotatable bonds is 3. The normalized spacial score (nSPS) is 10.4. The molecule has 0 aromatic carbocycles. The van der Waals surface area contributed by atoms with Crippen molar-refractivity contribution in [2.24, 2.45) is 0 Å². The zero-order valence-electron chi connectivity index (χ0n) is 10.6. The van der Waals surface area contributed by atoms with Crippen LogP contribution in [0.1, 0.15) is 16.2 Å². The van der Waals surface area contributed by atoms with Crippen molar-refractivity contribution in [1.82, 2.24) is 20.2 Å². The number of aromatic amines is 1. The summed E-state index contributed by atoms with van der Waals surface area (Å²) in [7, 11) is 0. The fourth-order valence-corrected chi connectivity index (χ4v) is 2.43. The van der Waals surface area contributed by atoms with Crippen LogP contribution in [-0.2, 0) is 0 Å². The largest absolute Gasteiger partial charge is 0.304 e. The van der Waals surface area contributed by atoms with Gasteiger partial charge in [-0.05, 0) is 25.1 Å². The number of hydrogen-bond donors (Lipinski definition) is 2. The quantitative estimate of drug-likeness (QED) is 0.774. The van der Waals surface area contributed by atoms with Gasteiger partial charge in [-0.15, -0.1) is 11.3 Å². The van der Waals surface area contributed by atoms with Gasteiger partial charge < -0.3 is 5.32 Å². The molecule has 0 radical (unpaired) electrons. The minimum absolute atomic E-state index is 0.277. The number of pyridine rings is 1. The van der Waals surface area contributed by atoms with Gasteiger partial charge in [-0.3, -0.25) is 14.9 Å². The molecule has 1 amide bonds. The summed E-state index contributed by atoms with van der Waals surface area (Å²) < 4.78 is 0. The molecule has 3 rings (SSSR count). The van der Waals surface area contributed by atoms with Crippen molar-refractivity contribution < 1.29 is 4.79 Å². The topological polar surface area (TPSA) is 83.6 Å². The lowest BCUT2D eigenvalue weighted by Crippen LogP contribution is -2.12. The molecule has 0 saturated heterocycles. The van der Waals surface area contributed by atoms with Crippen LogP contribution in [0.2, 0.25) is 0 Å². The summed E-state index contributed by atoms with van der Waals surface area (Å²) in [5, 5.41) is 12.0. The number of aryl methyl sites for hydroxylation is 1. The number of hydrogen-bond acceptors (Lipinski definition) is 5. The Labute approximate surface area is 118 Å².